The first kappa shape index (κ1) is 23.0. The third kappa shape index (κ3) is 4.75. The third-order valence-corrected chi connectivity index (χ3v) is 6.59. The molecule has 1 aliphatic rings. The molecule has 1 heterocycles. The molecule has 4 nitrogen and oxygen atoms in total. The molecular formula is C29H25F2NO3. The van der Waals surface area contributed by atoms with Crippen molar-refractivity contribution >= 4 is 16.7 Å². The van der Waals surface area contributed by atoms with E-state index in [1.807, 2.05) is 36.4 Å². The zero-order chi connectivity index (χ0) is 24.4. The number of ether oxygens (including phenoxy) is 1. The molecule has 4 aromatic carbocycles. The van der Waals surface area contributed by atoms with Crippen molar-refractivity contribution in [3.8, 4) is 5.75 Å². The Balaban J connectivity index is 1.30. The number of benzene rings is 4. The van der Waals surface area contributed by atoms with E-state index >= 15 is 0 Å². The SMILES string of the molecule is O=C(O)c1c(F)cc(C2CC(CNCCc3cccc4ccccc34)Oc3ccccc32)cc1F. The van der Waals surface area contributed by atoms with Gasteiger partial charge in [-0.15, -0.1) is 0 Å². The first-order valence-electron chi connectivity index (χ1n) is 11.7. The average molecular weight is 474 g/mol. The highest BCUT2D eigenvalue weighted by molar-refractivity contribution is 5.88. The van der Waals surface area contributed by atoms with E-state index in [0.29, 0.717) is 24.3 Å². The Kier molecular flexibility index (Phi) is 6.47. The molecule has 178 valence electrons. The fraction of sp³-hybridized carbons (Fsp3) is 0.207. The summed E-state index contributed by atoms with van der Waals surface area (Å²) in [5.74, 6) is -3.39. The van der Waals surface area contributed by atoms with Crippen LogP contribution in [-0.4, -0.2) is 30.3 Å². The van der Waals surface area contributed by atoms with Crippen LogP contribution in [0, 0.1) is 11.6 Å². The van der Waals surface area contributed by atoms with E-state index in [2.05, 4.69) is 35.6 Å². The molecule has 0 amide bonds. The molecule has 0 spiro atoms. The molecule has 0 aromatic heterocycles. The summed E-state index contributed by atoms with van der Waals surface area (Å²) in [4.78, 5) is 11.2. The minimum Gasteiger partial charge on any atom is -0.489 e. The first-order valence-corrected chi connectivity index (χ1v) is 11.7. The second kappa shape index (κ2) is 9.84. The smallest absolute Gasteiger partial charge is 0.341 e. The van der Waals surface area contributed by atoms with Gasteiger partial charge >= 0.3 is 5.97 Å². The molecule has 6 heteroatoms. The Morgan fingerprint density at radius 2 is 1.69 bits per heavy atom. The quantitative estimate of drug-likeness (QED) is 0.327. The van der Waals surface area contributed by atoms with Gasteiger partial charge in [-0.3, -0.25) is 0 Å². The second-order valence-corrected chi connectivity index (χ2v) is 8.82. The summed E-state index contributed by atoms with van der Waals surface area (Å²) in [7, 11) is 0. The zero-order valence-corrected chi connectivity index (χ0v) is 19.0. The maximum absolute atomic E-state index is 14.4. The Bertz CT molecular complexity index is 1360. The Labute approximate surface area is 202 Å². The van der Waals surface area contributed by atoms with Crippen LogP contribution in [0.4, 0.5) is 8.78 Å². The highest BCUT2D eigenvalue weighted by Crippen LogP contribution is 2.41. The normalized spacial score (nSPS) is 17.1. The molecule has 0 saturated heterocycles. The van der Waals surface area contributed by atoms with Crippen LogP contribution >= 0.6 is 0 Å². The van der Waals surface area contributed by atoms with E-state index in [9.17, 15) is 13.6 Å². The third-order valence-electron chi connectivity index (χ3n) is 6.59. The van der Waals surface area contributed by atoms with Gasteiger partial charge in [0.15, 0.2) is 0 Å². The highest BCUT2D eigenvalue weighted by atomic mass is 19.1. The molecule has 2 N–H and O–H groups in total. The van der Waals surface area contributed by atoms with Crippen LogP contribution in [0.2, 0.25) is 0 Å². The number of carbonyl (C=O) groups is 1. The van der Waals surface area contributed by atoms with E-state index in [4.69, 9.17) is 9.84 Å². The maximum Gasteiger partial charge on any atom is 0.341 e. The summed E-state index contributed by atoms with van der Waals surface area (Å²) >= 11 is 0. The highest BCUT2D eigenvalue weighted by Gasteiger charge is 2.31. The summed E-state index contributed by atoms with van der Waals surface area (Å²) < 4.78 is 35.1. The van der Waals surface area contributed by atoms with Gasteiger partial charge in [-0.2, -0.15) is 0 Å². The van der Waals surface area contributed by atoms with Crippen LogP contribution in [-0.2, 0) is 6.42 Å². The summed E-state index contributed by atoms with van der Waals surface area (Å²) in [5, 5.41) is 15.0. The lowest BCUT2D eigenvalue weighted by Gasteiger charge is -2.33. The lowest BCUT2D eigenvalue weighted by Crippen LogP contribution is -2.36. The van der Waals surface area contributed by atoms with Crippen molar-refractivity contribution in [2.45, 2.75) is 24.9 Å². The van der Waals surface area contributed by atoms with Gasteiger partial charge < -0.3 is 15.2 Å². The van der Waals surface area contributed by atoms with E-state index in [1.54, 1.807) is 0 Å². The van der Waals surface area contributed by atoms with Crippen LogP contribution in [0.5, 0.6) is 5.75 Å². The number of hydrogen-bond acceptors (Lipinski definition) is 3. The van der Waals surface area contributed by atoms with Gasteiger partial charge in [0.2, 0.25) is 0 Å². The van der Waals surface area contributed by atoms with Gasteiger partial charge in [0.25, 0.3) is 0 Å². The molecule has 2 atom stereocenters. The molecule has 0 aliphatic carbocycles. The predicted molar refractivity (Wildman–Crippen MR) is 131 cm³/mol. The number of fused-ring (bicyclic) bond motifs is 2. The van der Waals surface area contributed by atoms with Crippen LogP contribution < -0.4 is 10.1 Å². The van der Waals surface area contributed by atoms with Crippen LogP contribution in [0.25, 0.3) is 10.8 Å². The van der Waals surface area contributed by atoms with Gasteiger partial charge in [0.05, 0.1) is 0 Å². The summed E-state index contributed by atoms with van der Waals surface area (Å²) in [6.07, 6.45) is 1.18. The lowest BCUT2D eigenvalue weighted by atomic mass is 9.83. The van der Waals surface area contributed by atoms with Crippen molar-refractivity contribution < 1.29 is 23.4 Å². The molecule has 0 radical (unpaired) electrons. The number of carboxylic acids is 1. The topological polar surface area (TPSA) is 58.6 Å². The van der Waals surface area contributed by atoms with E-state index < -0.39 is 23.2 Å². The van der Waals surface area contributed by atoms with E-state index in [1.165, 1.54) is 16.3 Å². The molecule has 0 fully saturated rings. The van der Waals surface area contributed by atoms with Crippen molar-refractivity contribution in [2.75, 3.05) is 13.1 Å². The molecule has 2 unspecified atom stereocenters. The van der Waals surface area contributed by atoms with Crippen LogP contribution in [0.3, 0.4) is 0 Å². The summed E-state index contributed by atoms with van der Waals surface area (Å²) in [6, 6.07) is 24.3. The molecule has 4 aromatic rings. The van der Waals surface area contributed by atoms with Crippen molar-refractivity contribution in [1.29, 1.82) is 0 Å². The van der Waals surface area contributed by atoms with Gasteiger partial charge in [-0.05, 0) is 59.5 Å². The van der Waals surface area contributed by atoms with Crippen LogP contribution in [0.15, 0.2) is 78.9 Å². The Morgan fingerprint density at radius 3 is 2.49 bits per heavy atom. The summed E-state index contributed by atoms with van der Waals surface area (Å²) in [6.45, 7) is 1.34. The number of hydrogen-bond donors (Lipinski definition) is 2. The van der Waals surface area contributed by atoms with Crippen molar-refractivity contribution in [3.05, 3.63) is 113 Å². The fourth-order valence-electron chi connectivity index (χ4n) is 4.93. The molecule has 0 saturated carbocycles. The van der Waals surface area contributed by atoms with Gasteiger partial charge in [-0.25, -0.2) is 13.6 Å². The first-order chi connectivity index (χ1) is 17.0. The molecule has 5 rings (SSSR count). The number of nitrogens with one attached hydrogen (secondary N) is 1. The fourth-order valence-corrected chi connectivity index (χ4v) is 4.93. The van der Waals surface area contributed by atoms with Crippen molar-refractivity contribution in [3.63, 3.8) is 0 Å². The maximum atomic E-state index is 14.4. The minimum absolute atomic E-state index is 0.201. The standard InChI is InChI=1S/C29H25F2NO3/c30-25-14-20(15-26(31)28(25)29(33)34)24-16-21(35-27-11-4-3-10-23(24)27)17-32-13-12-19-8-5-7-18-6-1-2-9-22(18)19/h1-11,14-15,21,24,32H,12-13,16-17H2,(H,33,34). The minimum atomic E-state index is -1.62. The second-order valence-electron chi connectivity index (χ2n) is 8.82. The average Bonchev–Trinajstić information content (AvgIpc) is 2.85. The monoisotopic (exact) mass is 473 g/mol. The molecular weight excluding hydrogens is 448 g/mol. The number of halogens is 2. The van der Waals surface area contributed by atoms with Crippen LogP contribution in [0.1, 0.15) is 39.4 Å². The van der Waals surface area contributed by atoms with Gasteiger partial charge in [-0.1, -0.05) is 60.7 Å². The van der Waals surface area contributed by atoms with Gasteiger partial charge in [0.1, 0.15) is 29.1 Å². The number of aromatic carboxylic acids is 1. The Hall–Kier alpha value is -3.77. The number of rotatable bonds is 7. The summed E-state index contributed by atoms with van der Waals surface area (Å²) in [5.41, 5.74) is 1.58. The largest absolute Gasteiger partial charge is 0.489 e. The molecule has 0 bridgehead atoms. The van der Waals surface area contributed by atoms with Crippen molar-refractivity contribution in [2.24, 2.45) is 0 Å². The van der Waals surface area contributed by atoms with Crippen molar-refractivity contribution in [1.82, 2.24) is 5.32 Å². The van der Waals surface area contributed by atoms with Gasteiger partial charge in [0, 0.05) is 18.0 Å². The molecule has 1 aliphatic heterocycles. The predicted octanol–water partition coefficient (Wildman–Crippen LogP) is 5.93. The number of carboxylic acid groups (broad SMARTS) is 1. The van der Waals surface area contributed by atoms with E-state index in [0.717, 1.165) is 30.7 Å². The zero-order valence-electron chi connectivity index (χ0n) is 19.0. The van der Waals surface area contributed by atoms with E-state index in [-0.39, 0.29) is 12.0 Å². The lowest BCUT2D eigenvalue weighted by molar-refractivity contribution is 0.0686. The molecule has 35 heavy (non-hydrogen) atoms. The Morgan fingerprint density at radius 1 is 0.971 bits per heavy atom. The number of para-hydroxylation sites is 1.